The van der Waals surface area contributed by atoms with Crippen molar-refractivity contribution in [3.05, 3.63) is 90.0 Å². The number of hydrogen-bond acceptors (Lipinski definition) is 5. The Kier molecular flexibility index (Phi) is 11.9. The van der Waals surface area contributed by atoms with Gasteiger partial charge in [0.1, 0.15) is 23.9 Å². The Morgan fingerprint density at radius 2 is 1.43 bits per heavy atom. The van der Waals surface area contributed by atoms with E-state index in [1.54, 1.807) is 0 Å². The van der Waals surface area contributed by atoms with E-state index in [9.17, 15) is 18.0 Å². The zero-order chi connectivity index (χ0) is 27.1. The molecule has 0 aromatic heterocycles. The molecule has 10 heteroatoms. The van der Waals surface area contributed by atoms with Gasteiger partial charge in [0.15, 0.2) is 0 Å². The second-order valence-corrected chi connectivity index (χ2v) is 7.80. The molecule has 0 bridgehead atoms. The van der Waals surface area contributed by atoms with Gasteiger partial charge in [-0.25, -0.2) is 4.79 Å². The molecule has 0 aliphatic rings. The SMILES string of the molecule is O=C(O)C(F)(F)F.O=C(O)CCNCCCc1ccc(OCc2cccc(Oc3ccccc3)c2)cc1. The van der Waals surface area contributed by atoms with Gasteiger partial charge in [-0.2, -0.15) is 13.2 Å². The normalized spacial score (nSPS) is 10.7. The van der Waals surface area contributed by atoms with Crippen LogP contribution in [0.3, 0.4) is 0 Å². The van der Waals surface area contributed by atoms with E-state index in [2.05, 4.69) is 17.4 Å². The van der Waals surface area contributed by atoms with Gasteiger partial charge in [0.05, 0.1) is 6.42 Å². The number of carboxylic acids is 2. The molecule has 37 heavy (non-hydrogen) atoms. The number of carbonyl (C=O) groups is 2. The molecule has 0 saturated heterocycles. The highest BCUT2D eigenvalue weighted by Gasteiger charge is 2.38. The second-order valence-electron chi connectivity index (χ2n) is 7.80. The number of rotatable bonds is 12. The van der Waals surface area contributed by atoms with Crippen LogP contribution in [0.1, 0.15) is 24.0 Å². The lowest BCUT2D eigenvalue weighted by Gasteiger charge is -2.10. The van der Waals surface area contributed by atoms with Crippen LogP contribution < -0.4 is 14.8 Å². The lowest BCUT2D eigenvalue weighted by molar-refractivity contribution is -0.192. The largest absolute Gasteiger partial charge is 0.490 e. The molecule has 0 aliphatic carbocycles. The molecule has 0 atom stereocenters. The molecule has 0 fully saturated rings. The maximum Gasteiger partial charge on any atom is 0.490 e. The van der Waals surface area contributed by atoms with Crippen LogP contribution in [0.2, 0.25) is 0 Å². The lowest BCUT2D eigenvalue weighted by atomic mass is 10.1. The molecule has 3 aromatic carbocycles. The summed E-state index contributed by atoms with van der Waals surface area (Å²) < 4.78 is 43.5. The molecule has 0 radical (unpaired) electrons. The summed E-state index contributed by atoms with van der Waals surface area (Å²) in [4.78, 5) is 19.4. The third kappa shape index (κ3) is 12.5. The van der Waals surface area contributed by atoms with E-state index in [1.165, 1.54) is 5.56 Å². The molecule has 0 heterocycles. The minimum Gasteiger partial charge on any atom is -0.489 e. The van der Waals surface area contributed by atoms with Crippen molar-refractivity contribution in [2.24, 2.45) is 0 Å². The van der Waals surface area contributed by atoms with Crippen LogP contribution in [0.25, 0.3) is 0 Å². The van der Waals surface area contributed by atoms with Gasteiger partial charge < -0.3 is 25.0 Å². The summed E-state index contributed by atoms with van der Waals surface area (Å²) in [6.07, 6.45) is -3.01. The number of carboxylic acid groups (broad SMARTS) is 2. The number of alkyl halides is 3. The van der Waals surface area contributed by atoms with Crippen molar-refractivity contribution in [3.63, 3.8) is 0 Å². The van der Waals surface area contributed by atoms with Gasteiger partial charge in [-0.3, -0.25) is 4.79 Å². The van der Waals surface area contributed by atoms with Crippen molar-refractivity contribution >= 4 is 11.9 Å². The number of para-hydroxylation sites is 1. The molecule has 0 aliphatic heterocycles. The first-order chi connectivity index (χ1) is 17.6. The van der Waals surface area contributed by atoms with Crippen LogP contribution in [0.15, 0.2) is 78.9 Å². The fraction of sp³-hybridized carbons (Fsp3) is 0.259. The van der Waals surface area contributed by atoms with Gasteiger partial charge in [-0.1, -0.05) is 42.5 Å². The fourth-order valence-corrected chi connectivity index (χ4v) is 2.98. The van der Waals surface area contributed by atoms with Gasteiger partial charge >= 0.3 is 18.1 Å². The van der Waals surface area contributed by atoms with Crippen molar-refractivity contribution in [3.8, 4) is 17.2 Å². The van der Waals surface area contributed by atoms with Crippen molar-refractivity contribution in [2.45, 2.75) is 32.0 Å². The zero-order valence-electron chi connectivity index (χ0n) is 19.9. The summed E-state index contributed by atoms with van der Waals surface area (Å²) >= 11 is 0. The van der Waals surface area contributed by atoms with Crippen LogP contribution in [0.5, 0.6) is 17.2 Å². The summed E-state index contributed by atoms with van der Waals surface area (Å²) in [5, 5.41) is 18.9. The van der Waals surface area contributed by atoms with Gasteiger partial charge in [-0.15, -0.1) is 0 Å². The molecule has 3 rings (SSSR count). The number of ether oxygens (including phenoxy) is 2. The van der Waals surface area contributed by atoms with E-state index in [4.69, 9.17) is 24.5 Å². The van der Waals surface area contributed by atoms with Crippen LogP contribution in [-0.4, -0.2) is 41.4 Å². The number of hydrogen-bond donors (Lipinski definition) is 3. The topological polar surface area (TPSA) is 105 Å². The Morgan fingerprint density at radius 3 is 2.05 bits per heavy atom. The van der Waals surface area contributed by atoms with E-state index in [1.807, 2.05) is 66.7 Å². The number of nitrogens with one attached hydrogen (secondary N) is 1. The number of aliphatic carboxylic acids is 2. The van der Waals surface area contributed by atoms with Crippen molar-refractivity contribution in [1.29, 1.82) is 0 Å². The smallest absolute Gasteiger partial charge is 0.489 e. The number of halogens is 3. The molecule has 198 valence electrons. The highest BCUT2D eigenvalue weighted by Crippen LogP contribution is 2.23. The average Bonchev–Trinajstić information content (AvgIpc) is 2.86. The molecule has 0 amide bonds. The summed E-state index contributed by atoms with van der Waals surface area (Å²) in [6, 6.07) is 25.7. The lowest BCUT2D eigenvalue weighted by Crippen LogP contribution is -2.21. The predicted octanol–water partition coefficient (Wildman–Crippen LogP) is 5.69. The Bertz CT molecular complexity index is 1110. The predicted molar refractivity (Wildman–Crippen MR) is 131 cm³/mol. The molecule has 3 aromatic rings. The minimum absolute atomic E-state index is 0.160. The van der Waals surface area contributed by atoms with Gasteiger partial charge in [0.2, 0.25) is 0 Å². The van der Waals surface area contributed by atoms with Crippen LogP contribution in [-0.2, 0) is 22.6 Å². The van der Waals surface area contributed by atoms with E-state index in [-0.39, 0.29) is 6.42 Å². The molecular weight excluding hydrogens is 491 g/mol. The summed E-state index contributed by atoms with van der Waals surface area (Å²) in [5.41, 5.74) is 2.28. The van der Waals surface area contributed by atoms with Crippen LogP contribution in [0, 0.1) is 0 Å². The third-order valence-corrected chi connectivity index (χ3v) is 4.78. The maximum absolute atomic E-state index is 10.6. The Hall–Kier alpha value is -4.05. The minimum atomic E-state index is -5.08. The maximum atomic E-state index is 10.6. The zero-order valence-corrected chi connectivity index (χ0v) is 19.9. The average molecular weight is 520 g/mol. The molecule has 0 saturated carbocycles. The van der Waals surface area contributed by atoms with Crippen molar-refractivity contribution in [1.82, 2.24) is 5.32 Å². The Labute approximate surface area is 212 Å². The first kappa shape index (κ1) is 29.2. The van der Waals surface area contributed by atoms with E-state index >= 15 is 0 Å². The number of aryl methyl sites for hydroxylation is 1. The van der Waals surface area contributed by atoms with Crippen molar-refractivity contribution in [2.75, 3.05) is 13.1 Å². The van der Waals surface area contributed by atoms with E-state index in [0.717, 1.165) is 42.2 Å². The summed E-state index contributed by atoms with van der Waals surface area (Å²) in [5.74, 6) is -1.10. The second kappa shape index (κ2) is 15.1. The molecule has 0 spiro atoms. The molecular formula is C27H28F3NO6. The Balaban J connectivity index is 0.000000604. The van der Waals surface area contributed by atoms with E-state index < -0.39 is 18.1 Å². The van der Waals surface area contributed by atoms with Crippen molar-refractivity contribution < 1.29 is 42.4 Å². The van der Waals surface area contributed by atoms with E-state index in [0.29, 0.717) is 13.2 Å². The first-order valence-corrected chi connectivity index (χ1v) is 11.4. The van der Waals surface area contributed by atoms with Gasteiger partial charge in [-0.05, 0) is 66.9 Å². The summed E-state index contributed by atoms with van der Waals surface area (Å²) in [6.45, 7) is 1.80. The highest BCUT2D eigenvalue weighted by molar-refractivity contribution is 5.73. The highest BCUT2D eigenvalue weighted by atomic mass is 19.4. The first-order valence-electron chi connectivity index (χ1n) is 11.4. The fourth-order valence-electron chi connectivity index (χ4n) is 2.98. The molecule has 7 nitrogen and oxygen atoms in total. The van der Waals surface area contributed by atoms with Gasteiger partial charge in [0.25, 0.3) is 0 Å². The standard InChI is InChI=1S/C25H27NO4.C2HF3O2/c27-25(28)15-17-26-16-5-7-20-11-13-22(14-12-20)29-19-21-6-4-10-24(18-21)30-23-8-2-1-3-9-23;3-2(4,5)1(6)7/h1-4,6,8-14,18,26H,5,7,15-17,19H2,(H,27,28);(H,6,7). The number of benzene rings is 3. The third-order valence-electron chi connectivity index (χ3n) is 4.78. The van der Waals surface area contributed by atoms with Crippen LogP contribution >= 0.6 is 0 Å². The summed E-state index contributed by atoms with van der Waals surface area (Å²) in [7, 11) is 0. The van der Waals surface area contributed by atoms with Crippen LogP contribution in [0.4, 0.5) is 13.2 Å². The molecule has 0 unspecified atom stereocenters. The Morgan fingerprint density at radius 1 is 0.784 bits per heavy atom. The molecule has 3 N–H and O–H groups in total. The monoisotopic (exact) mass is 519 g/mol. The van der Waals surface area contributed by atoms with Gasteiger partial charge in [0, 0.05) is 6.54 Å². The quantitative estimate of drug-likeness (QED) is 0.264.